The van der Waals surface area contributed by atoms with Gasteiger partial charge in [-0.05, 0) is 0 Å². The lowest BCUT2D eigenvalue weighted by Gasteiger charge is -2.44. The summed E-state index contributed by atoms with van der Waals surface area (Å²) in [7, 11) is 7.07. The Morgan fingerprint density at radius 2 is 1.68 bits per heavy atom. The van der Waals surface area contributed by atoms with Crippen LogP contribution in [0.2, 0.25) is 0 Å². The third-order valence-corrected chi connectivity index (χ3v) is 4.28. The van der Waals surface area contributed by atoms with Crippen LogP contribution in [0.4, 0.5) is 0 Å². The molecule has 0 aromatic rings. The zero-order valence-corrected chi connectivity index (χ0v) is 13.0. The minimum absolute atomic E-state index is 0.326. The van der Waals surface area contributed by atoms with E-state index in [-0.39, 0.29) is 0 Å². The van der Waals surface area contributed by atoms with Crippen molar-refractivity contribution in [2.75, 3.05) is 73.5 Å². The largest absolute Gasteiger partial charge is 0.341 e. The molecule has 1 saturated heterocycles. The molecule has 0 amide bonds. The number of hydrogen-bond acceptors (Lipinski definition) is 0. The maximum absolute atomic E-state index is 5.34. The molecule has 0 bridgehead atoms. The van der Waals surface area contributed by atoms with Gasteiger partial charge in [0.25, 0.3) is 0 Å². The zero-order valence-electron chi connectivity index (χ0n) is 13.0. The second kappa shape index (κ2) is 7.07. The van der Waals surface area contributed by atoms with Crippen LogP contribution in [0.5, 0.6) is 0 Å². The molecular formula is C13H34N6+4. The average Bonchev–Trinajstić information content (AvgIpc) is 2.32. The highest BCUT2D eigenvalue weighted by Gasteiger charge is 2.34. The van der Waals surface area contributed by atoms with Crippen molar-refractivity contribution < 1.29 is 19.3 Å². The van der Waals surface area contributed by atoms with E-state index in [1.165, 1.54) is 48.2 Å². The molecule has 6 heteroatoms. The van der Waals surface area contributed by atoms with Crippen LogP contribution in [0.15, 0.2) is 0 Å². The van der Waals surface area contributed by atoms with E-state index in [4.69, 9.17) is 11.5 Å². The summed E-state index contributed by atoms with van der Waals surface area (Å²) < 4.78 is 2.42. The van der Waals surface area contributed by atoms with E-state index < -0.39 is 0 Å². The third kappa shape index (κ3) is 6.75. The molecule has 0 aliphatic carbocycles. The second-order valence-electron chi connectivity index (χ2n) is 6.77. The van der Waals surface area contributed by atoms with Gasteiger partial charge in [0.2, 0.25) is 0 Å². The molecule has 0 radical (unpaired) electrons. The van der Waals surface area contributed by atoms with Gasteiger partial charge in [0.15, 0.2) is 0 Å². The molecule has 0 unspecified atom stereocenters. The van der Waals surface area contributed by atoms with Crippen molar-refractivity contribution in [2.24, 2.45) is 11.5 Å². The van der Waals surface area contributed by atoms with Crippen LogP contribution in [0.1, 0.15) is 6.42 Å². The van der Waals surface area contributed by atoms with Crippen LogP contribution >= 0.6 is 0 Å². The van der Waals surface area contributed by atoms with E-state index in [1.54, 1.807) is 0 Å². The molecule has 7 N–H and O–H groups in total. The second-order valence-corrected chi connectivity index (χ2v) is 6.77. The number of nitrogens with two attached hydrogens (primary N) is 3. The van der Waals surface area contributed by atoms with Gasteiger partial charge < -0.3 is 14.3 Å². The molecule has 1 aliphatic rings. The van der Waals surface area contributed by atoms with Crippen molar-refractivity contribution in [3.05, 3.63) is 0 Å². The van der Waals surface area contributed by atoms with Crippen LogP contribution in [0.25, 0.3) is 0 Å². The lowest BCUT2D eigenvalue weighted by atomic mass is 10.2. The lowest BCUT2D eigenvalue weighted by Crippen LogP contribution is -2.88. The van der Waals surface area contributed by atoms with Crippen molar-refractivity contribution in [1.29, 1.82) is 0 Å². The summed E-state index contributed by atoms with van der Waals surface area (Å²) in [6, 6.07) is 0. The van der Waals surface area contributed by atoms with Gasteiger partial charge >= 0.3 is 5.96 Å². The summed E-state index contributed by atoms with van der Waals surface area (Å²) >= 11 is 0. The molecule has 1 rings (SSSR count). The first-order valence-electron chi connectivity index (χ1n) is 7.42. The highest BCUT2D eigenvalue weighted by atomic mass is 15.4. The molecular weight excluding hydrogens is 240 g/mol. The Hall–Kier alpha value is -0.850. The molecule has 0 aromatic carbocycles. The molecule has 0 aromatic heterocycles. The van der Waals surface area contributed by atoms with Gasteiger partial charge in [0.05, 0.1) is 34.2 Å². The number of nitrogens with one attached hydrogen (secondary N) is 1. The van der Waals surface area contributed by atoms with Gasteiger partial charge in [0, 0.05) is 6.42 Å². The molecule has 6 nitrogen and oxygen atoms in total. The summed E-state index contributed by atoms with van der Waals surface area (Å²) in [4.78, 5) is 2.95. The minimum atomic E-state index is 0.326. The molecule has 19 heavy (non-hydrogen) atoms. The Bertz CT molecular complexity index is 286. The first-order valence-corrected chi connectivity index (χ1v) is 7.42. The molecule has 112 valence electrons. The van der Waals surface area contributed by atoms with E-state index in [0.29, 0.717) is 5.96 Å². The van der Waals surface area contributed by atoms with Crippen LogP contribution in [-0.2, 0) is 0 Å². The van der Waals surface area contributed by atoms with Crippen LogP contribution in [0, 0.1) is 0 Å². The van der Waals surface area contributed by atoms with E-state index in [9.17, 15) is 0 Å². The number of piperazine rings is 1. The Morgan fingerprint density at radius 3 is 2.26 bits per heavy atom. The Balaban J connectivity index is 2.08. The van der Waals surface area contributed by atoms with Crippen molar-refractivity contribution in [3.8, 4) is 0 Å². The van der Waals surface area contributed by atoms with Gasteiger partial charge in [-0.3, -0.25) is 16.5 Å². The molecule has 1 aliphatic heterocycles. The summed E-state index contributed by atoms with van der Waals surface area (Å²) in [5, 5.41) is 2.41. The van der Waals surface area contributed by atoms with Gasteiger partial charge in [-0.25, -0.2) is 0 Å². The normalized spacial score (nSPS) is 21.0. The number of quaternary nitrogens is 3. The summed E-state index contributed by atoms with van der Waals surface area (Å²) in [6.45, 7) is 9.71. The molecule has 0 spiro atoms. The smallest absolute Gasteiger partial charge is 0.338 e. The fourth-order valence-electron chi connectivity index (χ4n) is 2.50. The van der Waals surface area contributed by atoms with Crippen molar-refractivity contribution >= 4 is 5.96 Å². The number of nitrogens with zero attached hydrogens (tertiary/aromatic N) is 2. The first kappa shape index (κ1) is 16.2. The number of likely N-dealkylation sites (N-methyl/N-ethyl adjacent to an activating group) is 2. The SMILES string of the molecule is C[N+]1(C)CC[N+](C)(CC[NH2+]CCC[NH+]=C(N)N)CC1. The summed E-state index contributed by atoms with van der Waals surface area (Å²) in [6.07, 6.45) is 1.10. The van der Waals surface area contributed by atoms with Crippen LogP contribution < -0.4 is 21.8 Å². The highest BCUT2D eigenvalue weighted by Crippen LogP contribution is 2.12. The topological polar surface area (TPSA) is 82.6 Å². The van der Waals surface area contributed by atoms with Gasteiger partial charge in [-0.2, -0.15) is 0 Å². The van der Waals surface area contributed by atoms with Crippen molar-refractivity contribution in [1.82, 2.24) is 0 Å². The number of rotatable bonds is 7. The van der Waals surface area contributed by atoms with Gasteiger partial charge in [-0.15, -0.1) is 0 Å². The van der Waals surface area contributed by atoms with Gasteiger partial charge in [0.1, 0.15) is 39.3 Å². The van der Waals surface area contributed by atoms with E-state index >= 15 is 0 Å². The fourth-order valence-corrected chi connectivity index (χ4v) is 2.50. The van der Waals surface area contributed by atoms with Gasteiger partial charge in [-0.1, -0.05) is 0 Å². The number of hydrogen-bond donors (Lipinski definition) is 4. The number of guanidine groups is 1. The molecule has 0 saturated carbocycles. The maximum atomic E-state index is 5.34. The predicted octanol–water partition coefficient (Wildman–Crippen LogP) is -4.17. The first-order chi connectivity index (χ1) is 8.83. The van der Waals surface area contributed by atoms with Crippen LogP contribution in [-0.4, -0.2) is 88.4 Å². The Labute approximate surface area is 117 Å². The minimum Gasteiger partial charge on any atom is -0.341 e. The summed E-state index contributed by atoms with van der Waals surface area (Å²) in [5.41, 5.74) is 10.7. The zero-order chi connectivity index (χ0) is 14.4. The molecule has 1 fully saturated rings. The summed E-state index contributed by atoms with van der Waals surface area (Å²) in [5.74, 6) is 0.326. The monoisotopic (exact) mass is 274 g/mol. The van der Waals surface area contributed by atoms with E-state index in [0.717, 1.165) is 19.5 Å². The molecule has 0 atom stereocenters. The van der Waals surface area contributed by atoms with Crippen LogP contribution in [0.3, 0.4) is 0 Å². The highest BCUT2D eigenvalue weighted by molar-refractivity contribution is 5.69. The average molecular weight is 274 g/mol. The quantitative estimate of drug-likeness (QED) is 0.164. The van der Waals surface area contributed by atoms with E-state index in [1.807, 2.05) is 0 Å². The van der Waals surface area contributed by atoms with E-state index in [2.05, 4.69) is 31.5 Å². The third-order valence-electron chi connectivity index (χ3n) is 4.28. The maximum Gasteiger partial charge on any atom is 0.338 e. The fraction of sp³-hybridized carbons (Fsp3) is 0.923. The lowest BCUT2D eigenvalue weighted by molar-refractivity contribution is -1.01. The molecule has 1 heterocycles. The Kier molecular flexibility index (Phi) is 6.03. The van der Waals surface area contributed by atoms with Crippen molar-refractivity contribution in [2.45, 2.75) is 6.42 Å². The Morgan fingerprint density at radius 1 is 1.05 bits per heavy atom. The predicted molar refractivity (Wildman–Crippen MR) is 78.1 cm³/mol. The van der Waals surface area contributed by atoms with Crippen molar-refractivity contribution in [3.63, 3.8) is 0 Å². The standard InChI is InChI=1S/C13H32N6/c1-18(2)9-11-19(3,12-10-18)8-7-16-5-4-6-17-13(14)15/h16H,4-12H2,1-3H3,(H4,14,15,17)/q+2/p+2.